The lowest BCUT2D eigenvalue weighted by atomic mass is 10.1. The second kappa shape index (κ2) is 12.3. The third-order valence-corrected chi connectivity index (χ3v) is 8.34. The van der Waals surface area contributed by atoms with Crippen molar-refractivity contribution in [2.75, 3.05) is 10.8 Å². The second-order valence-electron chi connectivity index (χ2n) is 9.31. The molecule has 0 unspecified atom stereocenters. The van der Waals surface area contributed by atoms with Crippen molar-refractivity contribution in [3.8, 4) is 0 Å². The zero-order valence-corrected chi connectivity index (χ0v) is 23.1. The summed E-state index contributed by atoms with van der Waals surface area (Å²) in [5.74, 6) is -0.315. The Labute approximate surface area is 230 Å². The Kier molecular flexibility index (Phi) is 8.87. The van der Waals surface area contributed by atoms with Crippen LogP contribution < -0.4 is 9.62 Å². The molecule has 0 heterocycles. The van der Waals surface area contributed by atoms with Gasteiger partial charge in [0.05, 0.1) is 22.7 Å². The van der Waals surface area contributed by atoms with Gasteiger partial charge in [-0.05, 0) is 74.2 Å². The molecule has 1 amide bonds. The summed E-state index contributed by atoms with van der Waals surface area (Å²) in [6.45, 7) is 4.48. The van der Waals surface area contributed by atoms with Gasteiger partial charge >= 0.3 is 0 Å². The summed E-state index contributed by atoms with van der Waals surface area (Å²) in [5, 5.41) is 3.53. The lowest BCUT2D eigenvalue weighted by molar-refractivity contribution is 0.0954. The fourth-order valence-electron chi connectivity index (χ4n) is 4.12. The van der Waals surface area contributed by atoms with Crippen molar-refractivity contribution >= 4 is 33.2 Å². The Bertz CT molecular complexity index is 1480. The van der Waals surface area contributed by atoms with Crippen molar-refractivity contribution in [3.05, 3.63) is 130 Å². The molecule has 4 aromatic carbocycles. The van der Waals surface area contributed by atoms with Crippen LogP contribution in [-0.4, -0.2) is 20.9 Å². The number of hydrogen-bond acceptors (Lipinski definition) is 3. The summed E-state index contributed by atoms with van der Waals surface area (Å²) in [5.41, 5.74) is 4.74. The zero-order chi connectivity index (χ0) is 27.1. The average Bonchev–Trinajstić information content (AvgIpc) is 2.92. The number of benzene rings is 4. The van der Waals surface area contributed by atoms with Crippen LogP contribution in [0.2, 0.25) is 5.02 Å². The molecule has 0 bridgehead atoms. The summed E-state index contributed by atoms with van der Waals surface area (Å²) < 4.78 is 29.1. The molecule has 0 aliphatic carbocycles. The van der Waals surface area contributed by atoms with Crippen LogP contribution in [0.1, 0.15) is 39.0 Å². The second-order valence-corrected chi connectivity index (χ2v) is 11.6. The first kappa shape index (κ1) is 27.4. The first-order valence-corrected chi connectivity index (χ1v) is 14.3. The molecular formula is C31H31ClN2O3S. The molecule has 0 fully saturated rings. The van der Waals surface area contributed by atoms with E-state index in [1.165, 1.54) is 15.4 Å². The number of nitrogens with one attached hydrogen (secondary N) is 1. The summed E-state index contributed by atoms with van der Waals surface area (Å²) in [4.78, 5) is 13.4. The summed E-state index contributed by atoms with van der Waals surface area (Å²) >= 11 is 6.05. The molecule has 4 aromatic rings. The van der Waals surface area contributed by atoms with Crippen molar-refractivity contribution in [2.24, 2.45) is 0 Å². The Morgan fingerprint density at radius 2 is 1.37 bits per heavy atom. The number of amides is 1. The molecule has 0 saturated carbocycles. The highest BCUT2D eigenvalue weighted by Crippen LogP contribution is 2.30. The van der Waals surface area contributed by atoms with Crippen LogP contribution in [0.15, 0.2) is 102 Å². The van der Waals surface area contributed by atoms with Gasteiger partial charge < -0.3 is 5.32 Å². The molecule has 0 aromatic heterocycles. The predicted octanol–water partition coefficient (Wildman–Crippen LogP) is 6.71. The zero-order valence-electron chi connectivity index (χ0n) is 21.5. The van der Waals surface area contributed by atoms with Gasteiger partial charge in [-0.15, -0.1) is 0 Å². The maximum absolute atomic E-state index is 13.9. The number of anilines is 1. The first-order chi connectivity index (χ1) is 18.2. The van der Waals surface area contributed by atoms with Crippen LogP contribution >= 0.6 is 11.6 Å². The smallest absolute Gasteiger partial charge is 0.264 e. The van der Waals surface area contributed by atoms with Crippen LogP contribution in [0.25, 0.3) is 0 Å². The Morgan fingerprint density at radius 1 is 0.789 bits per heavy atom. The molecular weight excluding hydrogens is 516 g/mol. The molecule has 196 valence electrons. The van der Waals surface area contributed by atoms with Crippen molar-refractivity contribution in [2.45, 2.75) is 38.1 Å². The average molecular weight is 547 g/mol. The van der Waals surface area contributed by atoms with E-state index in [2.05, 4.69) is 36.5 Å². The number of rotatable bonds is 10. The van der Waals surface area contributed by atoms with Gasteiger partial charge in [0.1, 0.15) is 0 Å². The van der Waals surface area contributed by atoms with Gasteiger partial charge in [0, 0.05) is 11.6 Å². The quantitative estimate of drug-likeness (QED) is 0.225. The van der Waals surface area contributed by atoms with Gasteiger partial charge in [0.15, 0.2) is 0 Å². The van der Waals surface area contributed by atoms with Gasteiger partial charge in [-0.1, -0.05) is 83.4 Å². The number of hydrogen-bond donors (Lipinski definition) is 1. The third-order valence-electron chi connectivity index (χ3n) is 6.31. The number of halogens is 1. The van der Waals surface area contributed by atoms with Gasteiger partial charge in [0.2, 0.25) is 0 Å². The van der Waals surface area contributed by atoms with Crippen molar-refractivity contribution in [3.63, 3.8) is 0 Å². The molecule has 5 nitrogen and oxygen atoms in total. The number of carbonyl (C=O) groups is 1. The highest BCUT2D eigenvalue weighted by Gasteiger charge is 2.28. The van der Waals surface area contributed by atoms with Crippen molar-refractivity contribution in [1.29, 1.82) is 0 Å². The highest BCUT2D eigenvalue weighted by molar-refractivity contribution is 7.92. The van der Waals surface area contributed by atoms with E-state index in [-0.39, 0.29) is 17.3 Å². The van der Waals surface area contributed by atoms with Gasteiger partial charge in [-0.2, -0.15) is 0 Å². The number of aryl methyl sites for hydroxylation is 3. The Morgan fingerprint density at radius 3 is 2.03 bits per heavy atom. The molecule has 0 aliphatic rings. The fraction of sp³-hybridized carbons (Fsp3) is 0.194. The first-order valence-electron chi connectivity index (χ1n) is 12.5. The highest BCUT2D eigenvalue weighted by atomic mass is 35.5. The predicted molar refractivity (Wildman–Crippen MR) is 154 cm³/mol. The largest absolute Gasteiger partial charge is 0.352 e. The third kappa shape index (κ3) is 6.82. The number of sulfonamides is 1. The number of nitrogens with zero attached hydrogens (tertiary/aromatic N) is 1. The van der Waals surface area contributed by atoms with Crippen LogP contribution in [0, 0.1) is 13.8 Å². The maximum Gasteiger partial charge on any atom is 0.264 e. The number of carbonyl (C=O) groups excluding carboxylic acids is 1. The topological polar surface area (TPSA) is 66.5 Å². The van der Waals surface area contributed by atoms with E-state index < -0.39 is 10.0 Å². The monoisotopic (exact) mass is 546 g/mol. The molecule has 0 saturated heterocycles. The molecule has 4 rings (SSSR count). The van der Waals surface area contributed by atoms with Crippen LogP contribution in [-0.2, 0) is 23.0 Å². The van der Waals surface area contributed by atoms with Gasteiger partial charge in [-0.25, -0.2) is 8.42 Å². The standard InChI is InChI=1S/C31H31ClN2O3S/c1-23-9-13-25(14-10-23)6-5-21-33-31(35)29-7-3-4-8-30(29)34(22-26-15-17-27(32)18-16-26)38(36,37)28-19-11-24(2)12-20-28/h3-4,7-20H,5-6,21-22H2,1-2H3,(H,33,35). The molecule has 38 heavy (non-hydrogen) atoms. The number of para-hydroxylation sites is 1. The normalized spacial score (nSPS) is 11.2. The minimum Gasteiger partial charge on any atom is -0.352 e. The van der Waals surface area contributed by atoms with Crippen LogP contribution in [0.5, 0.6) is 0 Å². The molecule has 0 aliphatic heterocycles. The minimum atomic E-state index is -3.98. The van der Waals surface area contributed by atoms with E-state index in [4.69, 9.17) is 11.6 Å². The van der Waals surface area contributed by atoms with E-state index in [0.717, 1.165) is 24.0 Å². The summed E-state index contributed by atoms with van der Waals surface area (Å²) in [6.07, 6.45) is 1.61. The minimum absolute atomic E-state index is 0.0467. The fourth-order valence-corrected chi connectivity index (χ4v) is 5.72. The van der Waals surface area contributed by atoms with Crippen molar-refractivity contribution in [1.82, 2.24) is 5.32 Å². The van der Waals surface area contributed by atoms with E-state index in [1.54, 1.807) is 72.8 Å². The molecule has 7 heteroatoms. The summed E-state index contributed by atoms with van der Waals surface area (Å²) in [7, 11) is -3.98. The SMILES string of the molecule is Cc1ccc(CCCNC(=O)c2ccccc2N(Cc2ccc(Cl)cc2)S(=O)(=O)c2ccc(C)cc2)cc1. The molecule has 0 spiro atoms. The van der Waals surface area contributed by atoms with Crippen molar-refractivity contribution < 1.29 is 13.2 Å². The molecule has 0 atom stereocenters. The van der Waals surface area contributed by atoms with E-state index in [0.29, 0.717) is 22.8 Å². The molecule has 1 N–H and O–H groups in total. The maximum atomic E-state index is 13.9. The summed E-state index contributed by atoms with van der Waals surface area (Å²) in [6, 6.07) is 28.9. The van der Waals surface area contributed by atoms with Gasteiger partial charge in [-0.3, -0.25) is 9.10 Å². The van der Waals surface area contributed by atoms with Gasteiger partial charge in [0.25, 0.3) is 15.9 Å². The Balaban J connectivity index is 1.60. The van der Waals surface area contributed by atoms with E-state index >= 15 is 0 Å². The van der Waals surface area contributed by atoms with E-state index in [9.17, 15) is 13.2 Å². The lowest BCUT2D eigenvalue weighted by Gasteiger charge is -2.27. The lowest BCUT2D eigenvalue weighted by Crippen LogP contribution is -2.34. The van der Waals surface area contributed by atoms with Crippen LogP contribution in [0.4, 0.5) is 5.69 Å². The molecule has 0 radical (unpaired) electrons. The van der Waals surface area contributed by atoms with Crippen LogP contribution in [0.3, 0.4) is 0 Å². The Hall–Kier alpha value is -3.61. The van der Waals surface area contributed by atoms with E-state index in [1.807, 2.05) is 6.92 Å².